The van der Waals surface area contributed by atoms with E-state index in [0.717, 1.165) is 11.3 Å². The fraction of sp³-hybridized carbons (Fsp3) is 0.308. The highest BCUT2D eigenvalue weighted by Gasteiger charge is 2.18. The van der Waals surface area contributed by atoms with Crippen LogP contribution < -0.4 is 10.5 Å². The molecule has 0 spiro atoms. The summed E-state index contributed by atoms with van der Waals surface area (Å²) in [6.45, 7) is 3.79. The highest BCUT2D eigenvalue weighted by Crippen LogP contribution is 2.32. The largest absolute Gasteiger partial charge is 0.438 e. The molecule has 7 nitrogen and oxygen atoms in total. The maximum atomic E-state index is 10.9. The second-order valence-corrected chi connectivity index (χ2v) is 4.46. The fourth-order valence-corrected chi connectivity index (χ4v) is 2.06. The van der Waals surface area contributed by atoms with Crippen LogP contribution in [0.3, 0.4) is 0 Å². The summed E-state index contributed by atoms with van der Waals surface area (Å²) >= 11 is 0. The van der Waals surface area contributed by atoms with Crippen LogP contribution in [0.2, 0.25) is 0 Å². The van der Waals surface area contributed by atoms with E-state index in [1.807, 2.05) is 6.92 Å². The van der Waals surface area contributed by atoms with Crippen molar-refractivity contribution < 1.29 is 9.66 Å². The van der Waals surface area contributed by atoms with Gasteiger partial charge < -0.3 is 10.5 Å². The molecule has 0 unspecified atom stereocenters. The van der Waals surface area contributed by atoms with Crippen LogP contribution in [0.1, 0.15) is 16.8 Å². The zero-order valence-corrected chi connectivity index (χ0v) is 11.6. The molecule has 2 aromatic rings. The molecule has 0 aliphatic rings. The molecule has 1 aromatic carbocycles. The van der Waals surface area contributed by atoms with Crippen LogP contribution in [0, 0.1) is 24.0 Å². The quantitative estimate of drug-likeness (QED) is 0.682. The van der Waals surface area contributed by atoms with E-state index in [2.05, 4.69) is 5.10 Å². The van der Waals surface area contributed by atoms with Gasteiger partial charge >= 0.3 is 0 Å². The maximum absolute atomic E-state index is 10.9. The maximum Gasteiger partial charge on any atom is 0.276 e. The summed E-state index contributed by atoms with van der Waals surface area (Å²) in [5.74, 6) is 0.936. The standard InChI is InChI=1S/C13H16N4O3/c1-8-11(17(18)19)5-4-6-12(8)20-13-10(7-14)9(2)15-16(13)3/h4-6H,7,14H2,1-3H3. The Labute approximate surface area is 116 Å². The Hall–Kier alpha value is -2.41. The molecule has 2 N–H and O–H groups in total. The van der Waals surface area contributed by atoms with Crippen molar-refractivity contribution in [2.24, 2.45) is 12.8 Å². The molecule has 1 heterocycles. The van der Waals surface area contributed by atoms with Crippen molar-refractivity contribution >= 4 is 5.69 Å². The number of nitro groups is 1. The van der Waals surface area contributed by atoms with E-state index in [0.29, 0.717) is 23.7 Å². The summed E-state index contributed by atoms with van der Waals surface area (Å²) < 4.78 is 7.37. The first-order valence-corrected chi connectivity index (χ1v) is 6.10. The van der Waals surface area contributed by atoms with Crippen molar-refractivity contribution in [2.75, 3.05) is 0 Å². The molecule has 0 saturated heterocycles. The molecule has 0 amide bonds. The Morgan fingerprint density at radius 1 is 1.45 bits per heavy atom. The van der Waals surface area contributed by atoms with Crippen molar-refractivity contribution in [3.8, 4) is 11.6 Å². The molecule has 0 aliphatic carbocycles. The van der Waals surface area contributed by atoms with Gasteiger partial charge in [0.1, 0.15) is 5.75 Å². The molecule has 0 radical (unpaired) electrons. The molecular weight excluding hydrogens is 260 g/mol. The van der Waals surface area contributed by atoms with E-state index in [4.69, 9.17) is 10.5 Å². The molecule has 0 aliphatic heterocycles. The molecule has 0 fully saturated rings. The first kappa shape index (κ1) is 14.0. The van der Waals surface area contributed by atoms with Crippen molar-refractivity contribution in [3.05, 3.63) is 45.1 Å². The van der Waals surface area contributed by atoms with Crippen LogP contribution in [0.15, 0.2) is 18.2 Å². The van der Waals surface area contributed by atoms with Crippen molar-refractivity contribution in [2.45, 2.75) is 20.4 Å². The summed E-state index contributed by atoms with van der Waals surface area (Å²) in [7, 11) is 1.74. The van der Waals surface area contributed by atoms with Gasteiger partial charge in [0.15, 0.2) is 0 Å². The van der Waals surface area contributed by atoms with Crippen LogP contribution in [-0.4, -0.2) is 14.7 Å². The molecule has 1 aromatic heterocycles. The van der Waals surface area contributed by atoms with Gasteiger partial charge in [0.05, 0.1) is 21.7 Å². The average Bonchev–Trinajstić information content (AvgIpc) is 2.65. The highest BCUT2D eigenvalue weighted by molar-refractivity contribution is 5.50. The Bertz CT molecular complexity index is 664. The zero-order chi connectivity index (χ0) is 14.9. The van der Waals surface area contributed by atoms with Gasteiger partial charge in [-0.2, -0.15) is 5.10 Å². The number of aryl methyl sites for hydroxylation is 2. The minimum atomic E-state index is -0.430. The summed E-state index contributed by atoms with van der Waals surface area (Å²) in [6.07, 6.45) is 0. The van der Waals surface area contributed by atoms with Gasteiger partial charge in [0.25, 0.3) is 5.69 Å². The number of nitro benzene ring substituents is 1. The summed E-state index contributed by atoms with van der Waals surface area (Å²) in [6, 6.07) is 4.72. The van der Waals surface area contributed by atoms with E-state index < -0.39 is 4.92 Å². The third-order valence-corrected chi connectivity index (χ3v) is 3.15. The summed E-state index contributed by atoms with van der Waals surface area (Å²) in [4.78, 5) is 10.5. The van der Waals surface area contributed by atoms with Crippen LogP contribution in [-0.2, 0) is 13.6 Å². The molecule has 7 heteroatoms. The number of nitrogens with zero attached hydrogens (tertiary/aromatic N) is 3. The third-order valence-electron chi connectivity index (χ3n) is 3.15. The van der Waals surface area contributed by atoms with Crippen LogP contribution >= 0.6 is 0 Å². The van der Waals surface area contributed by atoms with Gasteiger partial charge in [-0.25, -0.2) is 4.68 Å². The van der Waals surface area contributed by atoms with E-state index in [-0.39, 0.29) is 5.69 Å². The number of rotatable bonds is 4. The van der Waals surface area contributed by atoms with E-state index >= 15 is 0 Å². The lowest BCUT2D eigenvalue weighted by Gasteiger charge is -2.10. The lowest BCUT2D eigenvalue weighted by molar-refractivity contribution is -0.385. The number of nitrogens with two attached hydrogens (primary N) is 1. The SMILES string of the molecule is Cc1nn(C)c(Oc2cccc([N+](=O)[O-])c2C)c1CN. The Balaban J connectivity index is 2.46. The Morgan fingerprint density at radius 2 is 2.15 bits per heavy atom. The zero-order valence-electron chi connectivity index (χ0n) is 11.6. The smallest absolute Gasteiger partial charge is 0.276 e. The molecule has 20 heavy (non-hydrogen) atoms. The lowest BCUT2D eigenvalue weighted by Crippen LogP contribution is -2.02. The molecular formula is C13H16N4O3. The summed E-state index contributed by atoms with van der Waals surface area (Å²) in [5.41, 5.74) is 7.76. The number of hydrogen-bond acceptors (Lipinski definition) is 5. The lowest BCUT2D eigenvalue weighted by atomic mass is 10.2. The minimum absolute atomic E-state index is 0.0238. The molecule has 106 valence electrons. The fourth-order valence-electron chi connectivity index (χ4n) is 2.06. The number of benzene rings is 1. The van der Waals surface area contributed by atoms with Crippen LogP contribution in [0.25, 0.3) is 0 Å². The summed E-state index contributed by atoms with van der Waals surface area (Å²) in [5, 5.41) is 15.2. The molecule has 0 bridgehead atoms. The topological polar surface area (TPSA) is 96.2 Å². The van der Waals surface area contributed by atoms with E-state index in [9.17, 15) is 10.1 Å². The first-order valence-electron chi connectivity index (χ1n) is 6.10. The van der Waals surface area contributed by atoms with Gasteiger partial charge in [-0.1, -0.05) is 6.07 Å². The van der Waals surface area contributed by atoms with Crippen LogP contribution in [0.5, 0.6) is 11.6 Å². The predicted octanol–water partition coefficient (Wildman–Crippen LogP) is 2.20. The molecule has 0 saturated carbocycles. The van der Waals surface area contributed by atoms with Gasteiger partial charge in [0.2, 0.25) is 5.88 Å². The Kier molecular flexibility index (Phi) is 3.71. The highest BCUT2D eigenvalue weighted by atomic mass is 16.6. The molecule has 2 rings (SSSR count). The van der Waals surface area contributed by atoms with Crippen molar-refractivity contribution in [1.29, 1.82) is 0 Å². The Morgan fingerprint density at radius 3 is 2.75 bits per heavy atom. The average molecular weight is 276 g/mol. The van der Waals surface area contributed by atoms with E-state index in [1.54, 1.807) is 30.8 Å². The second-order valence-electron chi connectivity index (χ2n) is 4.46. The van der Waals surface area contributed by atoms with E-state index in [1.165, 1.54) is 6.07 Å². The van der Waals surface area contributed by atoms with Gasteiger partial charge in [0, 0.05) is 19.7 Å². The minimum Gasteiger partial charge on any atom is -0.438 e. The monoisotopic (exact) mass is 276 g/mol. The second kappa shape index (κ2) is 5.30. The number of ether oxygens (including phenoxy) is 1. The molecule has 0 atom stereocenters. The first-order chi connectivity index (χ1) is 9.45. The number of aromatic nitrogens is 2. The van der Waals surface area contributed by atoms with Crippen LogP contribution in [0.4, 0.5) is 5.69 Å². The third kappa shape index (κ3) is 2.35. The van der Waals surface area contributed by atoms with Gasteiger partial charge in [-0.3, -0.25) is 10.1 Å². The number of hydrogen-bond donors (Lipinski definition) is 1. The van der Waals surface area contributed by atoms with Crippen molar-refractivity contribution in [1.82, 2.24) is 9.78 Å². The van der Waals surface area contributed by atoms with Gasteiger partial charge in [-0.05, 0) is 19.9 Å². The predicted molar refractivity (Wildman–Crippen MR) is 73.7 cm³/mol. The normalized spacial score (nSPS) is 10.6. The van der Waals surface area contributed by atoms with Crippen molar-refractivity contribution in [3.63, 3.8) is 0 Å². The van der Waals surface area contributed by atoms with Gasteiger partial charge in [-0.15, -0.1) is 0 Å².